The van der Waals surface area contributed by atoms with Crippen molar-refractivity contribution in [2.75, 3.05) is 13.1 Å². The first-order valence-corrected chi connectivity index (χ1v) is 7.59. The minimum Gasteiger partial charge on any atom is -0.341 e. The van der Waals surface area contributed by atoms with Crippen molar-refractivity contribution in [1.29, 1.82) is 0 Å². The number of aromatic nitrogens is 2. The highest BCUT2D eigenvalue weighted by Crippen LogP contribution is 2.14. The summed E-state index contributed by atoms with van der Waals surface area (Å²) >= 11 is 0. The maximum atomic E-state index is 12.3. The van der Waals surface area contributed by atoms with Gasteiger partial charge in [0.05, 0.1) is 23.6 Å². The molecule has 1 aliphatic heterocycles. The van der Waals surface area contributed by atoms with E-state index in [4.69, 9.17) is 0 Å². The number of imidazole rings is 1. The van der Waals surface area contributed by atoms with Crippen LogP contribution in [0.2, 0.25) is 0 Å². The molecule has 0 saturated carbocycles. The summed E-state index contributed by atoms with van der Waals surface area (Å²) in [5.41, 5.74) is 2.11. The normalized spacial score (nSPS) is 16.6. The average molecular weight is 286 g/mol. The van der Waals surface area contributed by atoms with E-state index in [9.17, 15) is 4.79 Å². The minimum absolute atomic E-state index is 0.164. The monoisotopic (exact) mass is 286 g/mol. The largest absolute Gasteiger partial charge is 0.341 e. The molecule has 0 radical (unpaired) electrons. The van der Waals surface area contributed by atoms with Crippen LogP contribution in [0.5, 0.6) is 0 Å². The van der Waals surface area contributed by atoms with Gasteiger partial charge in [-0.1, -0.05) is 12.1 Å². The molecule has 2 heterocycles. The highest BCUT2D eigenvalue weighted by molar-refractivity contribution is 5.81. The highest BCUT2D eigenvalue weighted by atomic mass is 16.2. The standard InChI is InChI=1S/C16H22N4O/c1-12(16(21)20-9-5-6-10-20)17-11-15-18-13-7-3-4-8-14(13)19(15)2/h3-4,7-8,12,17H,5-6,9-11H2,1-2H3. The highest BCUT2D eigenvalue weighted by Gasteiger charge is 2.23. The molecule has 5 nitrogen and oxygen atoms in total. The predicted octanol–water partition coefficient (Wildman–Crippen LogP) is 1.67. The molecule has 1 unspecified atom stereocenters. The van der Waals surface area contributed by atoms with Gasteiger partial charge < -0.3 is 9.47 Å². The smallest absolute Gasteiger partial charge is 0.239 e. The summed E-state index contributed by atoms with van der Waals surface area (Å²) in [6.07, 6.45) is 2.26. The first-order valence-electron chi connectivity index (χ1n) is 7.59. The van der Waals surface area contributed by atoms with E-state index in [-0.39, 0.29) is 11.9 Å². The van der Waals surface area contributed by atoms with Crippen LogP contribution < -0.4 is 5.32 Å². The first kappa shape index (κ1) is 14.1. The van der Waals surface area contributed by atoms with Crippen molar-refractivity contribution in [2.45, 2.75) is 32.4 Å². The zero-order valence-corrected chi connectivity index (χ0v) is 12.7. The van der Waals surface area contributed by atoms with Crippen molar-refractivity contribution in [3.63, 3.8) is 0 Å². The fourth-order valence-electron chi connectivity index (χ4n) is 2.90. The van der Waals surface area contributed by atoms with Crippen LogP contribution in [-0.2, 0) is 18.4 Å². The van der Waals surface area contributed by atoms with E-state index in [0.29, 0.717) is 6.54 Å². The summed E-state index contributed by atoms with van der Waals surface area (Å²) in [4.78, 5) is 18.8. The molecular weight excluding hydrogens is 264 g/mol. The molecule has 1 aromatic heterocycles. The van der Waals surface area contributed by atoms with Crippen LogP contribution in [0.3, 0.4) is 0 Å². The molecule has 1 fully saturated rings. The summed E-state index contributed by atoms with van der Waals surface area (Å²) in [7, 11) is 2.01. The van der Waals surface area contributed by atoms with Crippen molar-refractivity contribution in [2.24, 2.45) is 7.05 Å². The third kappa shape index (κ3) is 2.78. The van der Waals surface area contributed by atoms with Gasteiger partial charge in [-0.05, 0) is 31.9 Å². The van der Waals surface area contributed by atoms with Crippen LogP contribution in [-0.4, -0.2) is 39.5 Å². The van der Waals surface area contributed by atoms with Gasteiger partial charge in [-0.15, -0.1) is 0 Å². The predicted molar refractivity (Wildman–Crippen MR) is 82.8 cm³/mol. The third-order valence-corrected chi connectivity index (χ3v) is 4.23. The number of carbonyl (C=O) groups is 1. The SMILES string of the molecule is CC(NCc1nc2ccccc2n1C)C(=O)N1CCCC1. The number of amides is 1. The van der Waals surface area contributed by atoms with Crippen LogP contribution in [0.15, 0.2) is 24.3 Å². The van der Waals surface area contributed by atoms with Gasteiger partial charge in [0.25, 0.3) is 0 Å². The second-order valence-corrected chi connectivity index (χ2v) is 5.71. The Bertz CT molecular complexity index is 643. The van der Waals surface area contributed by atoms with Gasteiger partial charge >= 0.3 is 0 Å². The van der Waals surface area contributed by atoms with E-state index in [1.54, 1.807) is 0 Å². The Morgan fingerprint density at radius 2 is 2.05 bits per heavy atom. The Kier molecular flexibility index (Phi) is 3.92. The van der Waals surface area contributed by atoms with Crippen LogP contribution in [0.4, 0.5) is 0 Å². The topological polar surface area (TPSA) is 50.2 Å². The average Bonchev–Trinajstić information content (AvgIpc) is 3.13. The zero-order chi connectivity index (χ0) is 14.8. The van der Waals surface area contributed by atoms with Gasteiger partial charge in [0.15, 0.2) is 0 Å². The number of rotatable bonds is 4. The fraction of sp³-hybridized carbons (Fsp3) is 0.500. The molecule has 1 saturated heterocycles. The Balaban J connectivity index is 1.65. The van der Waals surface area contributed by atoms with E-state index in [1.165, 1.54) is 0 Å². The van der Waals surface area contributed by atoms with Gasteiger partial charge in [-0.25, -0.2) is 4.98 Å². The number of aryl methyl sites for hydroxylation is 1. The first-order chi connectivity index (χ1) is 10.2. The summed E-state index contributed by atoms with van der Waals surface area (Å²) in [6, 6.07) is 7.91. The lowest BCUT2D eigenvalue weighted by molar-refractivity contribution is -0.132. The van der Waals surface area contributed by atoms with Crippen LogP contribution in [0.1, 0.15) is 25.6 Å². The van der Waals surface area contributed by atoms with Crippen molar-refractivity contribution < 1.29 is 4.79 Å². The second-order valence-electron chi connectivity index (χ2n) is 5.71. The van der Waals surface area contributed by atoms with Gasteiger partial charge in [0, 0.05) is 20.1 Å². The molecule has 2 aromatic rings. The maximum absolute atomic E-state index is 12.3. The van der Waals surface area contributed by atoms with E-state index in [2.05, 4.69) is 20.9 Å². The number of carbonyl (C=O) groups excluding carboxylic acids is 1. The van der Waals surface area contributed by atoms with Crippen molar-refractivity contribution in [3.8, 4) is 0 Å². The Morgan fingerprint density at radius 3 is 2.76 bits per heavy atom. The van der Waals surface area contributed by atoms with Crippen LogP contribution >= 0.6 is 0 Å². The van der Waals surface area contributed by atoms with Crippen LogP contribution in [0.25, 0.3) is 11.0 Å². The molecule has 1 aromatic carbocycles. The lowest BCUT2D eigenvalue weighted by Gasteiger charge is -2.21. The molecule has 5 heteroatoms. The van der Waals surface area contributed by atoms with Gasteiger partial charge in [-0.2, -0.15) is 0 Å². The summed E-state index contributed by atoms with van der Waals surface area (Å²) < 4.78 is 2.08. The quantitative estimate of drug-likeness (QED) is 0.930. The number of para-hydroxylation sites is 2. The maximum Gasteiger partial charge on any atom is 0.239 e. The summed E-state index contributed by atoms with van der Waals surface area (Å²) in [5, 5.41) is 3.30. The lowest BCUT2D eigenvalue weighted by Crippen LogP contribution is -2.43. The molecule has 1 aliphatic rings. The number of hydrogen-bond donors (Lipinski definition) is 1. The third-order valence-electron chi connectivity index (χ3n) is 4.23. The van der Waals surface area contributed by atoms with Crippen LogP contribution in [0, 0.1) is 0 Å². The minimum atomic E-state index is -0.164. The molecule has 1 N–H and O–H groups in total. The van der Waals surface area contributed by atoms with Crippen molar-refractivity contribution in [1.82, 2.24) is 19.8 Å². The second kappa shape index (κ2) is 5.85. The van der Waals surface area contributed by atoms with Gasteiger partial charge in [-0.3, -0.25) is 10.1 Å². The van der Waals surface area contributed by atoms with Gasteiger partial charge in [0.2, 0.25) is 5.91 Å². The molecule has 3 rings (SSSR count). The molecule has 1 atom stereocenters. The summed E-state index contributed by atoms with van der Waals surface area (Å²) in [5.74, 6) is 1.16. The zero-order valence-electron chi connectivity index (χ0n) is 12.7. The lowest BCUT2D eigenvalue weighted by atomic mass is 10.3. The Hall–Kier alpha value is -1.88. The van der Waals surface area contributed by atoms with E-state index >= 15 is 0 Å². The molecule has 1 amide bonds. The summed E-state index contributed by atoms with van der Waals surface area (Å²) in [6.45, 7) is 4.34. The number of fused-ring (bicyclic) bond motifs is 1. The Morgan fingerprint density at radius 1 is 1.33 bits per heavy atom. The van der Waals surface area contributed by atoms with Crippen molar-refractivity contribution >= 4 is 16.9 Å². The molecule has 0 aliphatic carbocycles. The van der Waals surface area contributed by atoms with E-state index in [0.717, 1.165) is 42.8 Å². The number of benzene rings is 1. The number of nitrogens with one attached hydrogen (secondary N) is 1. The number of hydrogen-bond acceptors (Lipinski definition) is 3. The van der Waals surface area contributed by atoms with E-state index in [1.807, 2.05) is 37.1 Å². The van der Waals surface area contributed by atoms with E-state index < -0.39 is 0 Å². The molecule has 21 heavy (non-hydrogen) atoms. The Labute approximate surface area is 125 Å². The number of nitrogens with zero attached hydrogens (tertiary/aromatic N) is 3. The molecule has 0 bridgehead atoms. The fourth-order valence-corrected chi connectivity index (χ4v) is 2.90. The molecule has 112 valence electrons. The van der Waals surface area contributed by atoms with Crippen molar-refractivity contribution in [3.05, 3.63) is 30.1 Å². The number of likely N-dealkylation sites (tertiary alicyclic amines) is 1. The van der Waals surface area contributed by atoms with Gasteiger partial charge in [0.1, 0.15) is 5.82 Å². The molecular formula is C16H22N4O. The molecule has 0 spiro atoms.